The van der Waals surface area contributed by atoms with Gasteiger partial charge in [0.1, 0.15) is 6.61 Å². The first-order valence-electron chi connectivity index (χ1n) is 9.89. The van der Waals surface area contributed by atoms with Crippen LogP contribution >= 0.6 is 11.6 Å². The largest absolute Gasteiger partial charge is 0.458 e. The first-order valence-corrected chi connectivity index (χ1v) is 10.3. The van der Waals surface area contributed by atoms with Gasteiger partial charge in [-0.2, -0.15) is 0 Å². The molecule has 1 unspecified atom stereocenters. The van der Waals surface area contributed by atoms with E-state index in [9.17, 15) is 19.8 Å². The van der Waals surface area contributed by atoms with Crippen molar-refractivity contribution in [1.29, 1.82) is 0 Å². The predicted octanol–water partition coefficient (Wildman–Crippen LogP) is 2.31. The van der Waals surface area contributed by atoms with Crippen LogP contribution in [0.4, 0.5) is 0 Å². The molecule has 4 aliphatic carbocycles. The minimum Gasteiger partial charge on any atom is -0.458 e. The molecule has 4 aliphatic rings. The van der Waals surface area contributed by atoms with Crippen molar-refractivity contribution >= 4 is 23.5 Å². The Labute approximate surface area is 169 Å². The van der Waals surface area contributed by atoms with Gasteiger partial charge in [-0.1, -0.05) is 11.6 Å². The standard InChI is InChI=1S/C21H26ClNO5/c22-17-3-1-16(2-4-17)18(25)28-12-21(27,11-24)19(26)23-20-8-13-5-14(9-20)7-15(6-13)10-20/h1-4,13-15,24,27H,5-12H2,(H,23,26). The van der Waals surface area contributed by atoms with Crippen molar-refractivity contribution in [3.05, 3.63) is 34.9 Å². The number of carbonyl (C=O) groups is 2. The third kappa shape index (κ3) is 3.78. The molecule has 0 aliphatic heterocycles. The van der Waals surface area contributed by atoms with Crippen molar-refractivity contribution in [3.8, 4) is 0 Å². The summed E-state index contributed by atoms with van der Waals surface area (Å²) >= 11 is 5.80. The summed E-state index contributed by atoms with van der Waals surface area (Å²) in [5.41, 5.74) is -2.20. The minimum absolute atomic E-state index is 0.256. The summed E-state index contributed by atoms with van der Waals surface area (Å²) in [5, 5.41) is 23.9. The van der Waals surface area contributed by atoms with Crippen molar-refractivity contribution in [2.75, 3.05) is 13.2 Å². The molecule has 28 heavy (non-hydrogen) atoms. The Morgan fingerprint density at radius 1 is 1.11 bits per heavy atom. The van der Waals surface area contributed by atoms with E-state index in [1.807, 2.05) is 0 Å². The van der Waals surface area contributed by atoms with E-state index in [2.05, 4.69) is 5.32 Å². The Bertz CT molecular complexity index is 729. The van der Waals surface area contributed by atoms with Crippen LogP contribution in [0.1, 0.15) is 48.9 Å². The highest BCUT2D eigenvalue weighted by Crippen LogP contribution is 2.55. The maximum atomic E-state index is 12.8. The number of nitrogens with one attached hydrogen (secondary N) is 1. The second kappa shape index (κ2) is 7.32. The molecule has 3 N–H and O–H groups in total. The fourth-order valence-electron chi connectivity index (χ4n) is 5.66. The molecule has 0 spiro atoms. The molecule has 0 radical (unpaired) electrons. The van der Waals surface area contributed by atoms with Gasteiger partial charge in [0.15, 0.2) is 0 Å². The van der Waals surface area contributed by atoms with Crippen LogP contribution in [0.25, 0.3) is 0 Å². The topological polar surface area (TPSA) is 95.9 Å². The lowest BCUT2D eigenvalue weighted by Crippen LogP contribution is -2.65. The second-order valence-corrected chi connectivity index (χ2v) is 9.36. The summed E-state index contributed by atoms with van der Waals surface area (Å²) in [6, 6.07) is 6.10. The van der Waals surface area contributed by atoms with Gasteiger partial charge in [-0.3, -0.25) is 4.79 Å². The predicted molar refractivity (Wildman–Crippen MR) is 103 cm³/mol. The summed E-state index contributed by atoms with van der Waals surface area (Å²) in [5.74, 6) is 0.552. The van der Waals surface area contributed by atoms with Crippen LogP contribution in [0.5, 0.6) is 0 Å². The normalized spacial score (nSPS) is 32.6. The molecule has 4 fully saturated rings. The zero-order valence-electron chi connectivity index (χ0n) is 15.7. The summed E-state index contributed by atoms with van der Waals surface area (Å²) < 4.78 is 5.11. The molecule has 6 nitrogen and oxygen atoms in total. The first-order chi connectivity index (χ1) is 13.3. The lowest BCUT2D eigenvalue weighted by Gasteiger charge is -2.57. The maximum Gasteiger partial charge on any atom is 0.338 e. The van der Waals surface area contributed by atoms with Crippen molar-refractivity contribution in [2.24, 2.45) is 17.8 Å². The van der Waals surface area contributed by atoms with E-state index in [0.717, 1.165) is 19.3 Å². The van der Waals surface area contributed by atoms with Gasteiger partial charge in [0.25, 0.3) is 5.91 Å². The highest BCUT2D eigenvalue weighted by atomic mass is 35.5. The summed E-state index contributed by atoms with van der Waals surface area (Å²) in [6.45, 7) is -1.43. The molecule has 1 aromatic carbocycles. The van der Waals surface area contributed by atoms with Crippen LogP contribution < -0.4 is 5.32 Å². The fourth-order valence-corrected chi connectivity index (χ4v) is 5.78. The van der Waals surface area contributed by atoms with E-state index in [0.29, 0.717) is 22.8 Å². The van der Waals surface area contributed by atoms with Crippen molar-refractivity contribution in [1.82, 2.24) is 5.32 Å². The number of carbonyl (C=O) groups excluding carboxylic acids is 2. The molecule has 0 saturated heterocycles. The number of aliphatic hydroxyl groups excluding tert-OH is 1. The first kappa shape index (κ1) is 19.7. The van der Waals surface area contributed by atoms with E-state index in [4.69, 9.17) is 16.3 Å². The number of esters is 1. The second-order valence-electron chi connectivity index (χ2n) is 8.92. The van der Waals surface area contributed by atoms with E-state index in [1.54, 1.807) is 12.1 Å². The molecule has 0 aromatic heterocycles. The van der Waals surface area contributed by atoms with E-state index in [-0.39, 0.29) is 11.1 Å². The van der Waals surface area contributed by atoms with E-state index in [1.165, 1.54) is 31.4 Å². The molecule has 7 heteroatoms. The molecule has 1 atom stereocenters. The number of hydrogen-bond donors (Lipinski definition) is 3. The monoisotopic (exact) mass is 407 g/mol. The molecule has 4 saturated carbocycles. The van der Waals surface area contributed by atoms with Crippen LogP contribution in [0.15, 0.2) is 24.3 Å². The van der Waals surface area contributed by atoms with Crippen molar-refractivity contribution < 1.29 is 24.5 Å². The number of rotatable bonds is 6. The minimum atomic E-state index is -2.16. The summed E-state index contributed by atoms with van der Waals surface area (Å²) in [7, 11) is 0. The maximum absolute atomic E-state index is 12.8. The Balaban J connectivity index is 1.40. The van der Waals surface area contributed by atoms with Crippen LogP contribution in [-0.2, 0) is 9.53 Å². The van der Waals surface area contributed by atoms with Gasteiger partial charge in [0, 0.05) is 10.6 Å². The van der Waals surface area contributed by atoms with Gasteiger partial charge in [-0.15, -0.1) is 0 Å². The van der Waals surface area contributed by atoms with Gasteiger partial charge in [0.2, 0.25) is 5.60 Å². The third-order valence-electron chi connectivity index (χ3n) is 6.62. The van der Waals surface area contributed by atoms with Gasteiger partial charge < -0.3 is 20.3 Å². The Kier molecular flexibility index (Phi) is 5.14. The molecule has 5 rings (SSSR count). The van der Waals surface area contributed by atoms with Crippen LogP contribution in [0.2, 0.25) is 5.02 Å². The SMILES string of the molecule is O=C(OCC(O)(CO)C(=O)NC12CC3CC(CC(C3)C1)C2)c1ccc(Cl)cc1. The van der Waals surface area contributed by atoms with Crippen LogP contribution in [0, 0.1) is 17.8 Å². The Morgan fingerprint density at radius 3 is 2.14 bits per heavy atom. The fraction of sp³-hybridized carbons (Fsp3) is 0.619. The molecule has 152 valence electrons. The van der Waals surface area contributed by atoms with Gasteiger partial charge in [-0.05, 0) is 80.5 Å². The highest BCUT2D eigenvalue weighted by Gasteiger charge is 2.53. The molecule has 1 aromatic rings. The molecule has 0 heterocycles. The Morgan fingerprint density at radius 2 is 1.64 bits per heavy atom. The lowest BCUT2D eigenvalue weighted by atomic mass is 9.53. The number of aliphatic hydroxyl groups is 2. The zero-order chi connectivity index (χ0) is 19.9. The van der Waals surface area contributed by atoms with E-state index >= 15 is 0 Å². The Hall–Kier alpha value is -1.63. The molecular weight excluding hydrogens is 382 g/mol. The van der Waals surface area contributed by atoms with Crippen LogP contribution in [0.3, 0.4) is 0 Å². The molecule has 1 amide bonds. The summed E-state index contributed by atoms with van der Waals surface area (Å²) in [4.78, 5) is 25.0. The number of amides is 1. The summed E-state index contributed by atoms with van der Waals surface area (Å²) in [6.07, 6.45) is 6.48. The quantitative estimate of drug-likeness (QED) is 0.629. The number of benzene rings is 1. The molecule has 4 bridgehead atoms. The van der Waals surface area contributed by atoms with E-state index < -0.39 is 30.7 Å². The lowest BCUT2D eigenvalue weighted by molar-refractivity contribution is -0.154. The highest BCUT2D eigenvalue weighted by molar-refractivity contribution is 6.30. The van der Waals surface area contributed by atoms with Gasteiger partial charge in [-0.25, -0.2) is 4.79 Å². The average molecular weight is 408 g/mol. The average Bonchev–Trinajstić information content (AvgIpc) is 2.65. The van der Waals surface area contributed by atoms with Gasteiger partial charge in [0.05, 0.1) is 12.2 Å². The number of ether oxygens (including phenoxy) is 1. The number of halogens is 1. The van der Waals surface area contributed by atoms with Crippen LogP contribution in [-0.4, -0.2) is 46.4 Å². The zero-order valence-corrected chi connectivity index (χ0v) is 16.5. The van der Waals surface area contributed by atoms with Crippen molar-refractivity contribution in [2.45, 2.75) is 49.7 Å². The smallest absolute Gasteiger partial charge is 0.338 e. The number of hydrogen-bond acceptors (Lipinski definition) is 5. The third-order valence-corrected chi connectivity index (χ3v) is 6.88. The van der Waals surface area contributed by atoms with Gasteiger partial charge >= 0.3 is 5.97 Å². The molecular formula is C21H26ClNO5. The van der Waals surface area contributed by atoms with Crippen molar-refractivity contribution in [3.63, 3.8) is 0 Å².